The van der Waals surface area contributed by atoms with E-state index in [1.807, 2.05) is 13.8 Å². The Hall–Kier alpha value is -2.01. The van der Waals surface area contributed by atoms with Crippen LogP contribution in [-0.4, -0.2) is 108 Å². The minimum Gasteiger partial charge on any atom is -0.463 e. The van der Waals surface area contributed by atoms with Crippen molar-refractivity contribution in [2.75, 3.05) is 12.4 Å². The van der Waals surface area contributed by atoms with E-state index >= 15 is 0 Å². The minimum atomic E-state index is -1.23. The van der Waals surface area contributed by atoms with Crippen LogP contribution in [0.3, 0.4) is 0 Å². The Balaban J connectivity index is 1.52. The van der Waals surface area contributed by atoms with Crippen LogP contribution in [0, 0.1) is 0 Å². The maximum atomic E-state index is 12.1. The number of thioether (sulfide) groups is 1. The summed E-state index contributed by atoms with van der Waals surface area (Å²) in [5, 5.41) is 0. The van der Waals surface area contributed by atoms with Crippen molar-refractivity contribution in [3.63, 3.8) is 0 Å². The monoisotopic (exact) mass is 620 g/mol. The molecule has 0 spiro atoms. The van der Waals surface area contributed by atoms with Gasteiger partial charge in [0.15, 0.2) is 36.2 Å². The van der Waals surface area contributed by atoms with E-state index < -0.39 is 96.0 Å². The summed E-state index contributed by atoms with van der Waals surface area (Å²) < 4.78 is 58.5. The number of fused-ring (bicyclic) bond motifs is 3. The van der Waals surface area contributed by atoms with Gasteiger partial charge in [0, 0.05) is 27.7 Å². The molecule has 4 aliphatic heterocycles. The zero-order valence-electron chi connectivity index (χ0n) is 25.0. The van der Waals surface area contributed by atoms with Gasteiger partial charge in [0.2, 0.25) is 0 Å². The Morgan fingerprint density at radius 1 is 0.643 bits per heavy atom. The molecule has 0 radical (unpaired) electrons. The molecule has 4 fully saturated rings. The van der Waals surface area contributed by atoms with Gasteiger partial charge in [0.1, 0.15) is 36.5 Å². The third-order valence-corrected chi connectivity index (χ3v) is 8.06. The summed E-state index contributed by atoms with van der Waals surface area (Å²) in [6.07, 6.45) is -6.54. The lowest BCUT2D eigenvalue weighted by molar-refractivity contribution is -0.238. The molecule has 4 saturated heterocycles. The van der Waals surface area contributed by atoms with Crippen molar-refractivity contribution in [1.82, 2.24) is 0 Å². The van der Waals surface area contributed by atoms with Gasteiger partial charge in [0.05, 0.1) is 6.10 Å². The second-order valence-electron chi connectivity index (χ2n) is 11.4. The molecule has 0 aliphatic carbocycles. The van der Waals surface area contributed by atoms with Crippen LogP contribution in [-0.2, 0) is 66.5 Å². The number of rotatable bonds is 9. The molecule has 0 aromatic carbocycles. The molecule has 4 heterocycles. The summed E-state index contributed by atoms with van der Waals surface area (Å²) in [5.41, 5.74) is -0.889. The van der Waals surface area contributed by atoms with Gasteiger partial charge in [-0.2, -0.15) is 0 Å². The fourth-order valence-electron chi connectivity index (χ4n) is 5.55. The number of carbonyl (C=O) groups is 4. The summed E-state index contributed by atoms with van der Waals surface area (Å²) in [6, 6.07) is 0. The molecule has 0 amide bonds. The molecule has 0 unspecified atom stereocenters. The van der Waals surface area contributed by atoms with Crippen LogP contribution in [0.15, 0.2) is 0 Å². The van der Waals surface area contributed by atoms with Crippen LogP contribution in [0.5, 0.6) is 0 Å². The van der Waals surface area contributed by atoms with Gasteiger partial charge in [-0.15, -0.1) is 11.8 Å². The van der Waals surface area contributed by atoms with E-state index in [4.69, 9.17) is 47.4 Å². The third-order valence-electron chi connectivity index (χ3n) is 6.88. The average Bonchev–Trinajstić information content (AvgIpc) is 3.34. The molecule has 0 bridgehead atoms. The Morgan fingerprint density at radius 3 is 1.81 bits per heavy atom. The lowest BCUT2D eigenvalue weighted by Gasteiger charge is -2.44. The van der Waals surface area contributed by atoms with Crippen molar-refractivity contribution in [3.8, 4) is 0 Å². The minimum absolute atomic E-state index is 0.291. The Morgan fingerprint density at radius 2 is 1.19 bits per heavy atom. The zero-order chi connectivity index (χ0) is 31.0. The van der Waals surface area contributed by atoms with E-state index in [0.29, 0.717) is 12.2 Å². The largest absolute Gasteiger partial charge is 0.463 e. The van der Waals surface area contributed by atoms with Crippen molar-refractivity contribution >= 4 is 35.6 Å². The maximum Gasteiger partial charge on any atom is 0.303 e. The van der Waals surface area contributed by atoms with Crippen molar-refractivity contribution in [3.05, 3.63) is 0 Å². The highest BCUT2D eigenvalue weighted by atomic mass is 32.2. The molecular weight excluding hydrogens is 580 g/mol. The molecule has 0 aromatic rings. The van der Waals surface area contributed by atoms with Gasteiger partial charge in [0.25, 0.3) is 0 Å². The SMILES string of the molecule is CC(=O)OC[C@H]1O[C@@H](SCC[C@H]2O[C@@H]3OC(C)(C)O[C@@H]3[C@H]3OC(C)(C)O[C@H]32)[C@@H](OC(C)=O)[C@@H](OC(C)=O)[C@@H]1OC(C)=O. The second-order valence-corrected chi connectivity index (χ2v) is 12.6. The Bertz CT molecular complexity index is 1030. The smallest absolute Gasteiger partial charge is 0.303 e. The molecule has 0 aromatic heterocycles. The molecule has 4 rings (SSSR count). The highest BCUT2D eigenvalue weighted by molar-refractivity contribution is 7.99. The summed E-state index contributed by atoms with van der Waals surface area (Å²) in [6.45, 7) is 11.7. The first kappa shape index (κ1) is 32.9. The summed E-state index contributed by atoms with van der Waals surface area (Å²) in [4.78, 5) is 47.7. The standard InChI is InChI=1S/C27H40O14S/c1-12(28)32-11-17-18(33-13(2)29)20(34-14(3)30)23(35-15(4)31)25(37-17)42-10-9-16-19-21(39-26(5,6)38-19)22-24(36-16)41-27(7,8)40-22/h16-25H,9-11H2,1-8H3/t16-,17-,18-,19+,20+,21+,22-,23+,24-,25+/m1/s1. The lowest BCUT2D eigenvalue weighted by atomic mass is 9.97. The van der Waals surface area contributed by atoms with Gasteiger partial charge in [-0.25, -0.2) is 0 Å². The Kier molecular flexibility index (Phi) is 10.1. The normalized spacial score (nSPS) is 38.1. The van der Waals surface area contributed by atoms with E-state index in [0.717, 1.165) is 0 Å². The molecule has 15 heteroatoms. The molecule has 4 aliphatic rings. The topological polar surface area (TPSA) is 161 Å². The Labute approximate surface area is 248 Å². The molecule has 10 atom stereocenters. The summed E-state index contributed by atoms with van der Waals surface area (Å²) >= 11 is 1.27. The van der Waals surface area contributed by atoms with Crippen molar-refractivity contribution < 1.29 is 66.5 Å². The molecule has 42 heavy (non-hydrogen) atoms. The maximum absolute atomic E-state index is 12.1. The number of hydrogen-bond donors (Lipinski definition) is 0. The zero-order valence-corrected chi connectivity index (χ0v) is 25.8. The average molecular weight is 621 g/mol. The van der Waals surface area contributed by atoms with Gasteiger partial charge >= 0.3 is 23.9 Å². The molecule has 14 nitrogen and oxygen atoms in total. The fraction of sp³-hybridized carbons (Fsp3) is 0.852. The number of ether oxygens (including phenoxy) is 10. The van der Waals surface area contributed by atoms with E-state index in [2.05, 4.69) is 0 Å². The molecular formula is C27H40O14S. The van der Waals surface area contributed by atoms with Crippen LogP contribution < -0.4 is 0 Å². The van der Waals surface area contributed by atoms with Gasteiger partial charge in [-0.05, 0) is 39.9 Å². The fourth-order valence-corrected chi connectivity index (χ4v) is 6.77. The highest BCUT2D eigenvalue weighted by Gasteiger charge is 2.60. The first-order valence-corrected chi connectivity index (χ1v) is 14.9. The van der Waals surface area contributed by atoms with E-state index in [9.17, 15) is 19.2 Å². The summed E-state index contributed by atoms with van der Waals surface area (Å²) in [5.74, 6) is -3.91. The molecule has 0 N–H and O–H groups in total. The summed E-state index contributed by atoms with van der Waals surface area (Å²) in [7, 11) is 0. The van der Waals surface area contributed by atoms with Crippen LogP contribution in [0.1, 0.15) is 61.8 Å². The predicted molar refractivity (Wildman–Crippen MR) is 142 cm³/mol. The second kappa shape index (κ2) is 12.9. The van der Waals surface area contributed by atoms with E-state index in [1.54, 1.807) is 13.8 Å². The van der Waals surface area contributed by atoms with Crippen LogP contribution in [0.4, 0.5) is 0 Å². The lowest BCUT2D eigenvalue weighted by Crippen LogP contribution is -2.61. The van der Waals surface area contributed by atoms with Crippen LogP contribution in [0.2, 0.25) is 0 Å². The van der Waals surface area contributed by atoms with Crippen molar-refractivity contribution in [2.24, 2.45) is 0 Å². The first-order valence-electron chi connectivity index (χ1n) is 13.8. The van der Waals surface area contributed by atoms with Gasteiger partial charge < -0.3 is 47.4 Å². The molecule has 0 saturated carbocycles. The van der Waals surface area contributed by atoms with E-state index in [-0.39, 0.29) is 6.61 Å². The number of esters is 4. The number of hydrogen-bond acceptors (Lipinski definition) is 15. The van der Waals surface area contributed by atoms with Crippen LogP contribution in [0.25, 0.3) is 0 Å². The quantitative estimate of drug-likeness (QED) is 0.270. The van der Waals surface area contributed by atoms with E-state index in [1.165, 1.54) is 39.5 Å². The number of carbonyl (C=O) groups excluding carboxylic acids is 4. The third kappa shape index (κ3) is 7.92. The van der Waals surface area contributed by atoms with Crippen molar-refractivity contribution in [2.45, 2.75) is 134 Å². The van der Waals surface area contributed by atoms with Gasteiger partial charge in [-0.3, -0.25) is 19.2 Å². The highest BCUT2D eigenvalue weighted by Crippen LogP contribution is 2.45. The molecule has 238 valence electrons. The van der Waals surface area contributed by atoms with Gasteiger partial charge in [-0.1, -0.05) is 0 Å². The first-order chi connectivity index (χ1) is 19.5. The van der Waals surface area contributed by atoms with Crippen molar-refractivity contribution in [1.29, 1.82) is 0 Å². The predicted octanol–water partition coefficient (Wildman–Crippen LogP) is 1.59. The van der Waals surface area contributed by atoms with Crippen LogP contribution >= 0.6 is 11.8 Å².